The molecule has 0 heterocycles. The first-order valence-corrected chi connectivity index (χ1v) is 6.29. The molecule has 1 rings (SSSR count). The lowest BCUT2D eigenvalue weighted by atomic mass is 9.96. The van der Waals surface area contributed by atoms with Gasteiger partial charge in [0, 0.05) is 0 Å². The normalized spacial score (nSPS) is 12.6. The monoisotopic (exact) mass is 250 g/mol. The molecule has 1 aromatic carbocycles. The van der Waals surface area contributed by atoms with E-state index in [0.717, 1.165) is 16.7 Å². The van der Waals surface area contributed by atoms with Crippen LogP contribution in [0.15, 0.2) is 12.1 Å². The standard InChI is InChI=1S/C15H22O3/c1-9(2)8-18-15(17)12(5)13-6-10(3)14(16)11(4)7-13/h6-7,9,12,16H,8H2,1-5H3. The maximum atomic E-state index is 11.9. The molecule has 0 spiro atoms. The van der Waals surface area contributed by atoms with E-state index in [2.05, 4.69) is 0 Å². The Labute approximate surface area is 109 Å². The highest BCUT2D eigenvalue weighted by molar-refractivity contribution is 5.78. The van der Waals surface area contributed by atoms with Gasteiger partial charge in [-0.1, -0.05) is 26.0 Å². The van der Waals surface area contributed by atoms with E-state index in [1.165, 1.54) is 0 Å². The van der Waals surface area contributed by atoms with Crippen molar-refractivity contribution < 1.29 is 14.6 Å². The molecule has 3 heteroatoms. The number of phenolic OH excluding ortho intramolecular Hbond substituents is 1. The lowest BCUT2D eigenvalue weighted by Gasteiger charge is -2.15. The molecule has 100 valence electrons. The molecule has 0 aliphatic heterocycles. The van der Waals surface area contributed by atoms with Crippen molar-refractivity contribution in [2.24, 2.45) is 5.92 Å². The van der Waals surface area contributed by atoms with Crippen LogP contribution in [0.5, 0.6) is 5.75 Å². The molecule has 18 heavy (non-hydrogen) atoms. The van der Waals surface area contributed by atoms with E-state index in [9.17, 15) is 9.90 Å². The van der Waals surface area contributed by atoms with Crippen LogP contribution in [0, 0.1) is 19.8 Å². The summed E-state index contributed by atoms with van der Waals surface area (Å²) in [6.07, 6.45) is 0. The average Bonchev–Trinajstić information content (AvgIpc) is 2.31. The minimum atomic E-state index is -0.304. The molecule has 0 fully saturated rings. The van der Waals surface area contributed by atoms with Crippen LogP contribution in [-0.2, 0) is 9.53 Å². The Morgan fingerprint density at radius 3 is 2.17 bits per heavy atom. The molecule has 0 radical (unpaired) electrons. The molecule has 0 aromatic heterocycles. The molecule has 0 bridgehead atoms. The quantitative estimate of drug-likeness (QED) is 0.834. The molecule has 1 unspecified atom stereocenters. The minimum Gasteiger partial charge on any atom is -0.507 e. The number of aromatic hydroxyl groups is 1. The lowest BCUT2D eigenvalue weighted by Crippen LogP contribution is -2.16. The smallest absolute Gasteiger partial charge is 0.313 e. The summed E-state index contributed by atoms with van der Waals surface area (Å²) >= 11 is 0. The van der Waals surface area contributed by atoms with Crippen LogP contribution in [0.25, 0.3) is 0 Å². The largest absolute Gasteiger partial charge is 0.507 e. The van der Waals surface area contributed by atoms with E-state index in [1.807, 2.05) is 46.8 Å². The summed E-state index contributed by atoms with van der Waals surface area (Å²) in [6, 6.07) is 3.67. The molecule has 0 saturated heterocycles. The summed E-state index contributed by atoms with van der Waals surface area (Å²) in [5.41, 5.74) is 2.46. The van der Waals surface area contributed by atoms with Gasteiger partial charge < -0.3 is 9.84 Å². The van der Waals surface area contributed by atoms with Gasteiger partial charge in [0.15, 0.2) is 0 Å². The average molecular weight is 250 g/mol. The van der Waals surface area contributed by atoms with Crippen LogP contribution < -0.4 is 0 Å². The third-order valence-corrected chi connectivity index (χ3v) is 2.93. The zero-order valence-corrected chi connectivity index (χ0v) is 11.8. The predicted octanol–water partition coefficient (Wildman–Crippen LogP) is 3.31. The van der Waals surface area contributed by atoms with E-state index >= 15 is 0 Å². The fourth-order valence-corrected chi connectivity index (χ4v) is 1.75. The molecule has 1 aromatic rings. The molecule has 0 saturated carbocycles. The minimum absolute atomic E-state index is 0.215. The summed E-state index contributed by atoms with van der Waals surface area (Å²) in [7, 11) is 0. The summed E-state index contributed by atoms with van der Waals surface area (Å²) < 4.78 is 5.23. The zero-order valence-electron chi connectivity index (χ0n) is 11.8. The molecule has 1 atom stereocenters. The van der Waals surface area contributed by atoms with Crippen molar-refractivity contribution in [3.63, 3.8) is 0 Å². The lowest BCUT2D eigenvalue weighted by molar-refractivity contribution is -0.146. The number of aryl methyl sites for hydroxylation is 2. The SMILES string of the molecule is Cc1cc(C(C)C(=O)OCC(C)C)cc(C)c1O. The van der Waals surface area contributed by atoms with Gasteiger partial charge in [0.2, 0.25) is 0 Å². The number of phenols is 1. The fourth-order valence-electron chi connectivity index (χ4n) is 1.75. The third-order valence-electron chi connectivity index (χ3n) is 2.93. The van der Waals surface area contributed by atoms with Crippen molar-refractivity contribution in [1.29, 1.82) is 0 Å². The van der Waals surface area contributed by atoms with E-state index in [1.54, 1.807) is 0 Å². The van der Waals surface area contributed by atoms with Crippen molar-refractivity contribution in [2.75, 3.05) is 6.61 Å². The van der Waals surface area contributed by atoms with Gasteiger partial charge in [-0.3, -0.25) is 4.79 Å². The van der Waals surface area contributed by atoms with Gasteiger partial charge in [-0.25, -0.2) is 0 Å². The van der Waals surface area contributed by atoms with Gasteiger partial charge in [-0.05, 0) is 43.4 Å². The van der Waals surface area contributed by atoms with Crippen LogP contribution >= 0.6 is 0 Å². The Morgan fingerprint density at radius 1 is 1.22 bits per heavy atom. The Hall–Kier alpha value is -1.51. The maximum absolute atomic E-state index is 11.9. The second-order valence-corrected chi connectivity index (χ2v) is 5.25. The summed E-state index contributed by atoms with van der Waals surface area (Å²) in [5.74, 6) is 0.112. The van der Waals surface area contributed by atoms with Crippen LogP contribution in [0.1, 0.15) is 43.4 Å². The molecular weight excluding hydrogens is 228 g/mol. The van der Waals surface area contributed by atoms with E-state index in [-0.39, 0.29) is 11.9 Å². The Bertz CT molecular complexity index is 412. The van der Waals surface area contributed by atoms with Gasteiger partial charge in [-0.15, -0.1) is 0 Å². The van der Waals surface area contributed by atoms with Gasteiger partial charge in [0.05, 0.1) is 12.5 Å². The number of hydrogen-bond acceptors (Lipinski definition) is 3. The summed E-state index contributed by atoms with van der Waals surface area (Å²) in [4.78, 5) is 11.9. The fraction of sp³-hybridized carbons (Fsp3) is 0.533. The number of ether oxygens (including phenoxy) is 1. The predicted molar refractivity (Wildman–Crippen MR) is 71.8 cm³/mol. The van der Waals surface area contributed by atoms with E-state index in [0.29, 0.717) is 18.3 Å². The van der Waals surface area contributed by atoms with Gasteiger partial charge in [0.1, 0.15) is 5.75 Å². The third kappa shape index (κ3) is 3.49. The van der Waals surface area contributed by atoms with Crippen molar-refractivity contribution >= 4 is 5.97 Å². The first kappa shape index (κ1) is 14.6. The van der Waals surface area contributed by atoms with Crippen LogP contribution in [-0.4, -0.2) is 17.7 Å². The van der Waals surface area contributed by atoms with Crippen LogP contribution in [0.2, 0.25) is 0 Å². The topological polar surface area (TPSA) is 46.5 Å². The molecule has 0 aliphatic rings. The number of rotatable bonds is 4. The first-order valence-electron chi connectivity index (χ1n) is 6.29. The first-order chi connectivity index (χ1) is 8.32. The van der Waals surface area contributed by atoms with Crippen molar-refractivity contribution in [1.82, 2.24) is 0 Å². The zero-order chi connectivity index (χ0) is 13.9. The van der Waals surface area contributed by atoms with Crippen molar-refractivity contribution in [2.45, 2.75) is 40.5 Å². The van der Waals surface area contributed by atoms with Gasteiger partial charge in [0.25, 0.3) is 0 Å². The molecule has 1 N–H and O–H groups in total. The van der Waals surface area contributed by atoms with E-state index in [4.69, 9.17) is 4.74 Å². The summed E-state index contributed by atoms with van der Waals surface area (Å²) in [5, 5.41) is 9.71. The highest BCUT2D eigenvalue weighted by Gasteiger charge is 2.18. The molecule has 3 nitrogen and oxygen atoms in total. The number of benzene rings is 1. The summed E-state index contributed by atoms with van der Waals surface area (Å²) in [6.45, 7) is 9.95. The Kier molecular flexibility index (Phi) is 4.76. The van der Waals surface area contributed by atoms with Crippen LogP contribution in [0.4, 0.5) is 0 Å². The number of carbonyl (C=O) groups is 1. The van der Waals surface area contributed by atoms with Gasteiger partial charge >= 0.3 is 5.97 Å². The number of esters is 1. The Morgan fingerprint density at radius 2 is 1.72 bits per heavy atom. The highest BCUT2D eigenvalue weighted by atomic mass is 16.5. The second kappa shape index (κ2) is 5.89. The maximum Gasteiger partial charge on any atom is 0.313 e. The number of carbonyl (C=O) groups excluding carboxylic acids is 1. The Balaban J connectivity index is 2.84. The molecular formula is C15H22O3. The van der Waals surface area contributed by atoms with Gasteiger partial charge in [-0.2, -0.15) is 0 Å². The molecule has 0 amide bonds. The van der Waals surface area contributed by atoms with Crippen molar-refractivity contribution in [3.05, 3.63) is 28.8 Å². The second-order valence-electron chi connectivity index (χ2n) is 5.25. The number of hydrogen-bond donors (Lipinski definition) is 1. The highest BCUT2D eigenvalue weighted by Crippen LogP contribution is 2.27. The molecule has 0 aliphatic carbocycles. The van der Waals surface area contributed by atoms with Crippen LogP contribution in [0.3, 0.4) is 0 Å². The van der Waals surface area contributed by atoms with E-state index < -0.39 is 0 Å². The van der Waals surface area contributed by atoms with Crippen molar-refractivity contribution in [3.8, 4) is 5.75 Å².